The molecule has 0 bridgehead atoms. The first-order valence-electron chi connectivity index (χ1n) is 6.56. The lowest BCUT2D eigenvalue weighted by molar-refractivity contribution is -0.313. The number of aliphatic carboxylic acids is 1. The van der Waals surface area contributed by atoms with Crippen molar-refractivity contribution in [2.75, 3.05) is 12.4 Å². The van der Waals surface area contributed by atoms with Crippen molar-refractivity contribution >= 4 is 17.6 Å². The summed E-state index contributed by atoms with van der Waals surface area (Å²) in [4.78, 5) is 23.3. The Kier molecular flexibility index (Phi) is 4.47. The summed E-state index contributed by atoms with van der Waals surface area (Å²) in [6, 6.07) is 4.44. The Hall–Kier alpha value is -2.50. The summed E-state index contributed by atoms with van der Waals surface area (Å²) in [5.74, 6) is -2.95. The van der Waals surface area contributed by atoms with Crippen LogP contribution in [-0.4, -0.2) is 24.1 Å². The van der Waals surface area contributed by atoms with Crippen molar-refractivity contribution in [2.24, 2.45) is 11.8 Å². The van der Waals surface area contributed by atoms with Gasteiger partial charge in [-0.3, -0.25) is 4.79 Å². The van der Waals surface area contributed by atoms with Gasteiger partial charge < -0.3 is 25.1 Å². The van der Waals surface area contributed by atoms with Crippen molar-refractivity contribution in [3.8, 4) is 11.5 Å². The predicted molar refractivity (Wildman–Crippen MR) is 73.6 cm³/mol. The van der Waals surface area contributed by atoms with E-state index in [0.717, 1.165) is 0 Å². The van der Waals surface area contributed by atoms with Gasteiger partial charge in [-0.05, 0) is 25.0 Å². The van der Waals surface area contributed by atoms with Crippen LogP contribution in [0, 0.1) is 11.8 Å². The van der Waals surface area contributed by atoms with Gasteiger partial charge in [0.15, 0.2) is 11.5 Å². The molecule has 2 atom stereocenters. The van der Waals surface area contributed by atoms with Gasteiger partial charge in [-0.2, -0.15) is 0 Å². The minimum absolute atomic E-state index is 0.102. The number of ether oxygens (including phenoxy) is 1. The van der Waals surface area contributed by atoms with Crippen molar-refractivity contribution in [2.45, 2.75) is 12.8 Å². The largest absolute Gasteiger partial charge is 0.550 e. The number of allylic oxidation sites excluding steroid dienone is 2. The number of methoxy groups -OCH3 is 1. The number of amides is 1. The summed E-state index contributed by atoms with van der Waals surface area (Å²) in [5.41, 5.74) is 0.380. The molecule has 0 radical (unpaired) electrons. The normalized spacial score (nSPS) is 20.8. The maximum Gasteiger partial charge on any atom is 0.228 e. The van der Waals surface area contributed by atoms with Gasteiger partial charge >= 0.3 is 0 Å². The monoisotopic (exact) mass is 290 g/mol. The summed E-state index contributed by atoms with van der Waals surface area (Å²) in [5, 5.41) is 23.4. The molecule has 112 valence electrons. The third-order valence-electron chi connectivity index (χ3n) is 3.52. The Morgan fingerprint density at radius 3 is 2.52 bits per heavy atom. The highest BCUT2D eigenvalue weighted by molar-refractivity contribution is 5.95. The predicted octanol–water partition coefficient (Wildman–Crippen LogP) is 0.672. The lowest BCUT2D eigenvalue weighted by atomic mass is 9.82. The number of rotatable bonds is 4. The van der Waals surface area contributed by atoms with Crippen LogP contribution in [0.25, 0.3) is 0 Å². The van der Waals surface area contributed by atoms with Crippen LogP contribution in [0.2, 0.25) is 0 Å². The molecule has 0 spiro atoms. The second kappa shape index (κ2) is 6.30. The van der Waals surface area contributed by atoms with Crippen molar-refractivity contribution < 1.29 is 24.5 Å². The number of hydrogen-bond donors (Lipinski definition) is 2. The van der Waals surface area contributed by atoms with Gasteiger partial charge in [-0.15, -0.1) is 0 Å². The molecule has 6 heteroatoms. The van der Waals surface area contributed by atoms with Gasteiger partial charge in [0.25, 0.3) is 0 Å². The fraction of sp³-hybridized carbons (Fsp3) is 0.333. The minimum Gasteiger partial charge on any atom is -0.550 e. The van der Waals surface area contributed by atoms with Gasteiger partial charge in [0.05, 0.1) is 13.0 Å². The molecular formula is C15H16NO5-. The Bertz CT molecular complexity index is 581. The van der Waals surface area contributed by atoms with E-state index in [-0.39, 0.29) is 12.2 Å². The quantitative estimate of drug-likeness (QED) is 0.794. The molecule has 21 heavy (non-hydrogen) atoms. The Balaban J connectivity index is 2.11. The summed E-state index contributed by atoms with van der Waals surface area (Å²) in [6.45, 7) is 0. The Morgan fingerprint density at radius 1 is 1.29 bits per heavy atom. The lowest BCUT2D eigenvalue weighted by Crippen LogP contribution is -2.41. The van der Waals surface area contributed by atoms with Gasteiger partial charge in [-0.25, -0.2) is 0 Å². The molecule has 1 amide bonds. The third kappa shape index (κ3) is 3.34. The second-order valence-electron chi connectivity index (χ2n) is 4.85. The number of aromatic hydroxyl groups is 1. The molecule has 6 nitrogen and oxygen atoms in total. The number of anilines is 1. The molecule has 2 rings (SSSR count). The summed E-state index contributed by atoms with van der Waals surface area (Å²) in [7, 11) is 1.42. The fourth-order valence-electron chi connectivity index (χ4n) is 2.37. The van der Waals surface area contributed by atoms with Crippen molar-refractivity contribution in [3.05, 3.63) is 30.4 Å². The molecule has 1 aliphatic carbocycles. The highest BCUT2D eigenvalue weighted by Gasteiger charge is 2.29. The van der Waals surface area contributed by atoms with Crippen LogP contribution < -0.4 is 15.2 Å². The van der Waals surface area contributed by atoms with Crippen LogP contribution in [0.5, 0.6) is 11.5 Å². The smallest absolute Gasteiger partial charge is 0.228 e. The Morgan fingerprint density at radius 2 is 1.95 bits per heavy atom. The molecule has 1 aliphatic rings. The van der Waals surface area contributed by atoms with E-state index in [1.807, 2.05) is 0 Å². The van der Waals surface area contributed by atoms with Gasteiger partial charge in [0.1, 0.15) is 0 Å². The third-order valence-corrected chi connectivity index (χ3v) is 3.52. The zero-order valence-corrected chi connectivity index (χ0v) is 11.5. The van der Waals surface area contributed by atoms with Crippen LogP contribution in [0.3, 0.4) is 0 Å². The van der Waals surface area contributed by atoms with Crippen LogP contribution in [0.4, 0.5) is 5.69 Å². The number of benzene rings is 1. The number of hydrogen-bond acceptors (Lipinski definition) is 5. The standard InChI is InChI=1S/C15H17NO5/c1-21-13-7-6-9(8-12(13)17)16-14(18)10-4-2-3-5-11(10)15(19)20/h2-3,6-8,10-11,17H,4-5H2,1H3,(H,16,18)(H,19,20)/p-1/t10-,11+/m1/s1. The van der Waals surface area contributed by atoms with E-state index in [0.29, 0.717) is 17.9 Å². The minimum atomic E-state index is -1.22. The van der Waals surface area contributed by atoms with Crippen LogP contribution in [-0.2, 0) is 9.59 Å². The number of carbonyl (C=O) groups is 2. The molecule has 0 saturated carbocycles. The summed E-state index contributed by atoms with van der Waals surface area (Å²) >= 11 is 0. The van der Waals surface area contributed by atoms with E-state index < -0.39 is 23.7 Å². The number of nitrogens with one attached hydrogen (secondary N) is 1. The molecule has 0 saturated heterocycles. The first kappa shape index (κ1) is 14.9. The Labute approximate surface area is 122 Å². The molecule has 0 fully saturated rings. The first-order chi connectivity index (χ1) is 10.0. The molecule has 0 aliphatic heterocycles. The van der Waals surface area contributed by atoms with Gasteiger partial charge in [0, 0.05) is 23.6 Å². The number of phenols is 1. The topological polar surface area (TPSA) is 98.7 Å². The van der Waals surface area contributed by atoms with E-state index in [4.69, 9.17) is 4.74 Å². The van der Waals surface area contributed by atoms with E-state index in [1.54, 1.807) is 18.2 Å². The summed E-state index contributed by atoms with van der Waals surface area (Å²) in [6.07, 6.45) is 4.17. The summed E-state index contributed by atoms with van der Waals surface area (Å²) < 4.78 is 4.91. The van der Waals surface area contributed by atoms with E-state index in [1.165, 1.54) is 19.2 Å². The van der Waals surface area contributed by atoms with Crippen molar-refractivity contribution in [1.29, 1.82) is 0 Å². The van der Waals surface area contributed by atoms with Crippen molar-refractivity contribution in [3.63, 3.8) is 0 Å². The van der Waals surface area contributed by atoms with Crippen molar-refractivity contribution in [1.82, 2.24) is 0 Å². The van der Waals surface area contributed by atoms with Crippen LogP contribution >= 0.6 is 0 Å². The molecule has 1 aromatic rings. The highest BCUT2D eigenvalue weighted by Crippen LogP contribution is 2.30. The molecule has 0 aromatic heterocycles. The first-order valence-corrected chi connectivity index (χ1v) is 6.56. The zero-order valence-electron chi connectivity index (χ0n) is 11.5. The maximum absolute atomic E-state index is 12.2. The van der Waals surface area contributed by atoms with E-state index in [2.05, 4.69) is 5.32 Å². The average molecular weight is 290 g/mol. The SMILES string of the molecule is COc1ccc(NC(=O)[C@@H]2CC=CC[C@@H]2C(=O)[O-])cc1O. The molecule has 2 N–H and O–H groups in total. The maximum atomic E-state index is 12.2. The molecule has 1 aromatic carbocycles. The second-order valence-corrected chi connectivity index (χ2v) is 4.85. The number of carboxylic acid groups (broad SMARTS) is 1. The molecular weight excluding hydrogens is 274 g/mol. The zero-order chi connectivity index (χ0) is 15.4. The van der Waals surface area contributed by atoms with Crippen LogP contribution in [0.15, 0.2) is 30.4 Å². The van der Waals surface area contributed by atoms with E-state index >= 15 is 0 Å². The molecule has 0 unspecified atom stereocenters. The lowest BCUT2D eigenvalue weighted by Gasteiger charge is -2.28. The average Bonchev–Trinajstić information content (AvgIpc) is 2.47. The molecule has 0 heterocycles. The number of carboxylic acids is 1. The fourth-order valence-corrected chi connectivity index (χ4v) is 2.37. The number of carbonyl (C=O) groups excluding carboxylic acids is 2. The number of phenolic OH excluding ortho intramolecular Hbond substituents is 1. The van der Waals surface area contributed by atoms with Crippen LogP contribution in [0.1, 0.15) is 12.8 Å². The van der Waals surface area contributed by atoms with Gasteiger partial charge in [0.2, 0.25) is 5.91 Å². The highest BCUT2D eigenvalue weighted by atomic mass is 16.5. The van der Waals surface area contributed by atoms with Gasteiger partial charge in [-0.1, -0.05) is 12.2 Å². The van der Waals surface area contributed by atoms with E-state index in [9.17, 15) is 19.8 Å².